The average molecular weight is 711 g/mol. The first-order chi connectivity index (χ1) is 26.6. The van der Waals surface area contributed by atoms with Crippen LogP contribution in [0.5, 0.6) is 0 Å². The molecule has 2 heterocycles. The van der Waals surface area contributed by atoms with E-state index < -0.39 is 18.6 Å². The summed E-state index contributed by atoms with van der Waals surface area (Å²) in [6.07, 6.45) is -4.67. The maximum absolute atomic E-state index is 14.2. The Bertz CT molecular complexity index is 2800. The van der Waals surface area contributed by atoms with E-state index in [9.17, 15) is 13.2 Å². The number of alkyl halides is 3. The van der Waals surface area contributed by atoms with Gasteiger partial charge in [-0.05, 0) is 95.4 Å². The molecule has 0 atom stereocenters. The van der Waals surface area contributed by atoms with Crippen molar-refractivity contribution in [3.63, 3.8) is 0 Å². The molecule has 0 aliphatic heterocycles. The van der Waals surface area contributed by atoms with E-state index >= 15 is 0 Å². The van der Waals surface area contributed by atoms with Gasteiger partial charge in [-0.3, -0.25) is 0 Å². The third kappa shape index (κ3) is 5.63. The minimum absolute atomic E-state index is 0.0146. The summed E-state index contributed by atoms with van der Waals surface area (Å²) in [4.78, 5) is 0. The molecule has 0 spiro atoms. The minimum atomic E-state index is -4.67. The van der Waals surface area contributed by atoms with E-state index in [0.717, 1.165) is 50.4 Å². The average Bonchev–Trinajstić information content (AvgIpc) is 3.67. The first kappa shape index (κ1) is 31.0. The highest BCUT2D eigenvalue weighted by molar-refractivity contribution is 6.10. The Labute approximate surface area is 312 Å². The molecule has 0 aliphatic carbocycles. The van der Waals surface area contributed by atoms with Crippen LogP contribution in [-0.2, 0) is 13.2 Å². The summed E-state index contributed by atoms with van der Waals surface area (Å²) in [7, 11) is 2.09. The van der Waals surface area contributed by atoms with E-state index in [-0.39, 0.29) is 28.5 Å². The predicted molar refractivity (Wildman–Crippen MR) is 211 cm³/mol. The van der Waals surface area contributed by atoms with Crippen molar-refractivity contribution in [1.29, 1.82) is 0 Å². The van der Waals surface area contributed by atoms with Crippen LogP contribution in [0.2, 0.25) is 0 Å². The first-order valence-electron chi connectivity index (χ1n) is 19.5. The quantitative estimate of drug-likeness (QED) is 0.158. The largest absolute Gasteiger partial charge is 0.455 e. The number of nitrogens with zero attached hydrogens (tertiary/aromatic N) is 2. The number of aryl methyl sites for hydroxylation is 3. The molecule has 53 heavy (non-hydrogen) atoms. The number of halogens is 3. The summed E-state index contributed by atoms with van der Waals surface area (Å²) in [6.45, 7) is 8.38. The Kier molecular flexibility index (Phi) is 7.48. The topological polar surface area (TPSA) is 21.9 Å². The molecule has 3 nitrogen and oxygen atoms in total. The van der Waals surface area contributed by atoms with Gasteiger partial charge in [0.05, 0.1) is 12.6 Å². The van der Waals surface area contributed by atoms with Gasteiger partial charge in [0.1, 0.15) is 16.8 Å². The molecule has 0 amide bonds. The van der Waals surface area contributed by atoms with E-state index in [2.05, 4.69) is 105 Å². The normalized spacial score (nSPS) is 13.4. The number of fused-ring (bicyclic) bond motifs is 4. The van der Waals surface area contributed by atoms with Gasteiger partial charge in [-0.1, -0.05) is 107 Å². The molecule has 8 aromatic rings. The van der Waals surface area contributed by atoms with Crippen LogP contribution in [0.4, 0.5) is 13.2 Å². The molecule has 6 aromatic carbocycles. The van der Waals surface area contributed by atoms with Crippen molar-refractivity contribution in [2.45, 2.75) is 59.5 Å². The summed E-state index contributed by atoms with van der Waals surface area (Å²) in [5.41, 5.74) is 9.21. The van der Waals surface area contributed by atoms with E-state index in [1.807, 2.05) is 18.2 Å². The Hall–Kier alpha value is -5.62. The van der Waals surface area contributed by atoms with Crippen molar-refractivity contribution in [2.24, 2.45) is 7.05 Å². The maximum atomic E-state index is 14.2. The zero-order valence-electron chi connectivity index (χ0n) is 33.6. The molecule has 8 rings (SSSR count). The summed E-state index contributed by atoms with van der Waals surface area (Å²) in [6, 6.07) is 34.7. The van der Waals surface area contributed by atoms with Crippen molar-refractivity contribution in [3.8, 4) is 39.3 Å². The van der Waals surface area contributed by atoms with Gasteiger partial charge < -0.3 is 4.42 Å². The molecule has 0 radical (unpaired) electrons. The number of para-hydroxylation sites is 3. The Morgan fingerprint density at radius 2 is 1.34 bits per heavy atom. The van der Waals surface area contributed by atoms with Crippen molar-refractivity contribution >= 4 is 33.0 Å². The number of hydrogen-bond acceptors (Lipinski definition) is 1. The number of imidazole rings is 1. The zero-order chi connectivity index (χ0) is 39.8. The molecule has 0 aliphatic rings. The van der Waals surface area contributed by atoms with Gasteiger partial charge >= 0.3 is 6.18 Å². The third-order valence-corrected chi connectivity index (χ3v) is 10.5. The Morgan fingerprint density at radius 1 is 0.698 bits per heavy atom. The van der Waals surface area contributed by atoms with E-state index in [1.54, 1.807) is 12.1 Å². The van der Waals surface area contributed by atoms with Crippen LogP contribution in [0, 0.1) is 13.8 Å². The van der Waals surface area contributed by atoms with Crippen LogP contribution < -0.4 is 4.57 Å². The zero-order valence-corrected chi connectivity index (χ0v) is 30.6. The number of benzene rings is 6. The number of hydrogen-bond donors (Lipinski definition) is 0. The van der Waals surface area contributed by atoms with Gasteiger partial charge in [-0.25, -0.2) is 4.57 Å². The molecule has 0 N–H and O–H groups in total. The van der Waals surface area contributed by atoms with Crippen LogP contribution in [-0.4, -0.2) is 4.57 Å². The molecule has 0 saturated carbocycles. The van der Waals surface area contributed by atoms with Gasteiger partial charge in [0.25, 0.3) is 5.82 Å². The standard InChI is InChI=1S/C47H42F3N2O/c1-27(2)33-14-12-15-34(28(3)4)44(33)52-41-18-11-10-17-40(41)51(7)46(52)43-30(6)20-23-37-36-24-22-32(26-42(36)53-45(37)43)31-21-19-29(5)38(25-31)35-13-8-9-16-39(35)47(48,49)50/h8-28H,1-7H3/q+1/i5D3. The maximum Gasteiger partial charge on any atom is 0.417 e. The summed E-state index contributed by atoms with van der Waals surface area (Å²) in [5, 5.41) is 1.82. The first-order valence-corrected chi connectivity index (χ1v) is 18.0. The fourth-order valence-electron chi connectivity index (χ4n) is 7.90. The van der Waals surface area contributed by atoms with Gasteiger partial charge in [-0.15, -0.1) is 0 Å². The highest BCUT2D eigenvalue weighted by Crippen LogP contribution is 2.43. The van der Waals surface area contributed by atoms with Crippen LogP contribution in [0.1, 0.15) is 71.5 Å². The highest BCUT2D eigenvalue weighted by Gasteiger charge is 2.35. The monoisotopic (exact) mass is 710 g/mol. The lowest BCUT2D eigenvalue weighted by molar-refractivity contribution is -0.633. The van der Waals surface area contributed by atoms with E-state index in [4.69, 9.17) is 8.53 Å². The molecule has 6 heteroatoms. The lowest BCUT2D eigenvalue weighted by atomic mass is 9.92. The summed E-state index contributed by atoms with van der Waals surface area (Å²) < 4.78 is 78.6. The lowest BCUT2D eigenvalue weighted by Gasteiger charge is -2.18. The van der Waals surface area contributed by atoms with Crippen molar-refractivity contribution in [1.82, 2.24) is 4.57 Å². The third-order valence-electron chi connectivity index (χ3n) is 10.5. The number of aromatic nitrogens is 2. The smallest absolute Gasteiger partial charge is 0.417 e. The van der Waals surface area contributed by atoms with Gasteiger partial charge in [-0.2, -0.15) is 17.7 Å². The van der Waals surface area contributed by atoms with Gasteiger partial charge in [0.2, 0.25) is 0 Å². The van der Waals surface area contributed by atoms with E-state index in [0.29, 0.717) is 16.7 Å². The fourth-order valence-corrected chi connectivity index (χ4v) is 7.90. The van der Waals surface area contributed by atoms with Crippen LogP contribution in [0.25, 0.3) is 72.3 Å². The fraction of sp³-hybridized carbons (Fsp3) is 0.213. The Balaban J connectivity index is 1.37. The van der Waals surface area contributed by atoms with Gasteiger partial charge in [0.15, 0.2) is 16.6 Å². The van der Waals surface area contributed by atoms with Crippen LogP contribution in [0.3, 0.4) is 0 Å². The van der Waals surface area contributed by atoms with Gasteiger partial charge in [0, 0.05) is 26.0 Å². The summed E-state index contributed by atoms with van der Waals surface area (Å²) >= 11 is 0. The van der Waals surface area contributed by atoms with Crippen LogP contribution >= 0.6 is 0 Å². The molecule has 2 aromatic heterocycles. The second-order valence-electron chi connectivity index (χ2n) is 14.6. The molecule has 0 bridgehead atoms. The number of rotatable bonds is 6. The molecule has 0 saturated heterocycles. The second kappa shape index (κ2) is 12.8. The van der Waals surface area contributed by atoms with Crippen LogP contribution in [0.15, 0.2) is 120 Å². The second-order valence-corrected chi connectivity index (χ2v) is 14.6. The lowest BCUT2D eigenvalue weighted by Crippen LogP contribution is -2.30. The molecular formula is C47H42F3N2O+. The van der Waals surface area contributed by atoms with Crippen molar-refractivity contribution in [2.75, 3.05) is 0 Å². The van der Waals surface area contributed by atoms with Crippen molar-refractivity contribution in [3.05, 3.63) is 143 Å². The summed E-state index contributed by atoms with van der Waals surface area (Å²) in [5.74, 6) is 1.51. The molecule has 0 fully saturated rings. The molecule has 266 valence electrons. The molecule has 0 unspecified atom stereocenters. The highest BCUT2D eigenvalue weighted by atomic mass is 19.4. The predicted octanol–water partition coefficient (Wildman–Crippen LogP) is 13.2. The Morgan fingerprint density at radius 3 is 2.06 bits per heavy atom. The number of furan rings is 1. The SMILES string of the molecule is [2H]C([2H])([2H])c1ccc(-c2ccc3c(c2)oc2c(-c4n(-c5c(C(C)C)cccc5C(C)C)c5ccccc5[n+]4C)c(C)ccc23)cc1-c1ccccc1C(F)(F)F. The van der Waals surface area contributed by atoms with E-state index in [1.165, 1.54) is 41.1 Å². The molecular weight excluding hydrogens is 666 g/mol. The minimum Gasteiger partial charge on any atom is -0.455 e. The van der Waals surface area contributed by atoms with Crippen molar-refractivity contribution < 1.29 is 26.3 Å².